The van der Waals surface area contributed by atoms with Crippen molar-refractivity contribution in [3.63, 3.8) is 0 Å². The Morgan fingerprint density at radius 3 is 2.65 bits per heavy atom. The number of rotatable bonds is 2. The van der Waals surface area contributed by atoms with E-state index in [2.05, 4.69) is 5.32 Å². The quantitative estimate of drug-likeness (QED) is 0.888. The number of furan rings is 1. The predicted octanol–water partition coefficient (Wildman–Crippen LogP) is 3.27. The second-order valence-corrected chi connectivity index (χ2v) is 4.09. The summed E-state index contributed by atoms with van der Waals surface area (Å²) in [7, 11) is 1.57. The van der Waals surface area contributed by atoms with E-state index in [1.54, 1.807) is 19.2 Å². The van der Waals surface area contributed by atoms with Gasteiger partial charge in [-0.2, -0.15) is 0 Å². The molecule has 0 spiro atoms. The van der Waals surface area contributed by atoms with Gasteiger partial charge in [-0.1, -0.05) is 11.6 Å². The normalized spacial score (nSPS) is 10.3. The molecule has 0 aliphatic carbocycles. The molecule has 2 aromatic rings. The zero-order chi connectivity index (χ0) is 12.4. The summed E-state index contributed by atoms with van der Waals surface area (Å²) in [6.45, 7) is 1.87. The Kier molecular flexibility index (Phi) is 3.20. The van der Waals surface area contributed by atoms with E-state index in [4.69, 9.17) is 16.0 Å². The van der Waals surface area contributed by atoms with Crippen LogP contribution in [0.15, 0.2) is 34.7 Å². The number of hydrogen-bond donors (Lipinski definition) is 1. The predicted molar refractivity (Wildman–Crippen MR) is 67.3 cm³/mol. The lowest BCUT2D eigenvalue weighted by Gasteiger charge is -2.04. The number of carbonyl (C=O) groups is 1. The Hall–Kier alpha value is -1.74. The highest BCUT2D eigenvalue weighted by Gasteiger charge is 2.11. The van der Waals surface area contributed by atoms with Crippen LogP contribution in [0, 0.1) is 6.92 Å². The first-order valence-corrected chi connectivity index (χ1v) is 5.58. The van der Waals surface area contributed by atoms with E-state index in [0.717, 1.165) is 17.1 Å². The number of aryl methyl sites for hydroxylation is 1. The molecule has 0 aliphatic rings. The molecule has 88 valence electrons. The van der Waals surface area contributed by atoms with Crippen molar-refractivity contribution in [2.75, 3.05) is 7.05 Å². The van der Waals surface area contributed by atoms with Crippen LogP contribution in [0.5, 0.6) is 0 Å². The molecular weight excluding hydrogens is 238 g/mol. The van der Waals surface area contributed by atoms with Gasteiger partial charge in [0.25, 0.3) is 5.91 Å². The molecule has 17 heavy (non-hydrogen) atoms. The molecule has 0 fully saturated rings. The average Bonchev–Trinajstić information content (AvgIpc) is 2.75. The minimum absolute atomic E-state index is 0.208. The van der Waals surface area contributed by atoms with E-state index in [1.165, 1.54) is 0 Å². The van der Waals surface area contributed by atoms with E-state index < -0.39 is 0 Å². The summed E-state index contributed by atoms with van der Waals surface area (Å²) in [5.41, 5.74) is 1.28. The van der Waals surface area contributed by atoms with Crippen LogP contribution in [-0.2, 0) is 0 Å². The van der Waals surface area contributed by atoms with Crippen LogP contribution in [-0.4, -0.2) is 13.0 Å². The first-order chi connectivity index (χ1) is 8.11. The molecule has 0 saturated carbocycles. The van der Waals surface area contributed by atoms with Crippen molar-refractivity contribution in [2.24, 2.45) is 0 Å². The van der Waals surface area contributed by atoms with Crippen molar-refractivity contribution >= 4 is 17.5 Å². The number of benzene rings is 1. The molecule has 0 atom stereocenters. The molecule has 1 amide bonds. The highest BCUT2D eigenvalue weighted by Crippen LogP contribution is 2.26. The number of hydrogen-bond acceptors (Lipinski definition) is 2. The number of amides is 1. The lowest BCUT2D eigenvalue weighted by molar-refractivity contribution is 0.0963. The van der Waals surface area contributed by atoms with Crippen molar-refractivity contribution in [1.82, 2.24) is 5.32 Å². The third kappa shape index (κ3) is 2.34. The summed E-state index contributed by atoms with van der Waals surface area (Å²) >= 11 is 5.97. The van der Waals surface area contributed by atoms with Crippen LogP contribution in [0.25, 0.3) is 11.3 Å². The Labute approximate surface area is 104 Å². The maximum atomic E-state index is 11.6. The van der Waals surface area contributed by atoms with Gasteiger partial charge in [-0.05, 0) is 37.3 Å². The fourth-order valence-electron chi connectivity index (χ4n) is 1.58. The van der Waals surface area contributed by atoms with Crippen LogP contribution < -0.4 is 5.32 Å². The van der Waals surface area contributed by atoms with Crippen molar-refractivity contribution in [3.05, 3.63) is 46.7 Å². The zero-order valence-electron chi connectivity index (χ0n) is 9.58. The van der Waals surface area contributed by atoms with Crippen LogP contribution in [0.2, 0.25) is 5.02 Å². The lowest BCUT2D eigenvalue weighted by Crippen LogP contribution is -2.18. The summed E-state index contributed by atoms with van der Waals surface area (Å²) in [5, 5.41) is 2.98. The van der Waals surface area contributed by atoms with Crippen LogP contribution in [0.1, 0.15) is 16.1 Å². The summed E-state index contributed by atoms with van der Waals surface area (Å²) in [6, 6.07) is 8.99. The molecule has 0 bridgehead atoms. The summed E-state index contributed by atoms with van der Waals surface area (Å²) in [5.74, 6) is 1.35. The van der Waals surface area contributed by atoms with E-state index >= 15 is 0 Å². The van der Waals surface area contributed by atoms with Gasteiger partial charge in [0, 0.05) is 12.6 Å². The van der Waals surface area contributed by atoms with Gasteiger partial charge in [0.05, 0.1) is 10.6 Å². The molecular formula is C13H12ClNO2. The average molecular weight is 250 g/mol. The molecule has 1 N–H and O–H groups in total. The Morgan fingerprint density at radius 1 is 1.29 bits per heavy atom. The van der Waals surface area contributed by atoms with E-state index in [-0.39, 0.29) is 5.91 Å². The lowest BCUT2D eigenvalue weighted by atomic mass is 10.1. The van der Waals surface area contributed by atoms with Crippen molar-refractivity contribution in [1.29, 1.82) is 0 Å². The molecule has 0 unspecified atom stereocenters. The summed E-state index contributed by atoms with van der Waals surface area (Å²) in [6.07, 6.45) is 0. The maximum Gasteiger partial charge on any atom is 0.252 e. The second kappa shape index (κ2) is 4.63. The van der Waals surface area contributed by atoms with Crippen molar-refractivity contribution in [3.8, 4) is 11.3 Å². The Morgan fingerprint density at radius 2 is 2.06 bits per heavy atom. The second-order valence-electron chi connectivity index (χ2n) is 3.68. The highest BCUT2D eigenvalue weighted by molar-refractivity contribution is 6.34. The third-order valence-corrected chi connectivity index (χ3v) is 2.79. The van der Waals surface area contributed by atoms with Crippen LogP contribution in [0.4, 0.5) is 0 Å². The fourth-order valence-corrected chi connectivity index (χ4v) is 1.78. The van der Waals surface area contributed by atoms with Crippen LogP contribution in [0.3, 0.4) is 0 Å². The zero-order valence-corrected chi connectivity index (χ0v) is 10.3. The molecule has 0 aliphatic heterocycles. The third-order valence-electron chi connectivity index (χ3n) is 2.46. The van der Waals surface area contributed by atoms with Crippen molar-refractivity contribution < 1.29 is 9.21 Å². The van der Waals surface area contributed by atoms with E-state index in [9.17, 15) is 4.79 Å². The fraction of sp³-hybridized carbons (Fsp3) is 0.154. The first kappa shape index (κ1) is 11.7. The number of halogens is 1. The van der Waals surface area contributed by atoms with Gasteiger partial charge in [0.1, 0.15) is 11.5 Å². The minimum atomic E-state index is -0.208. The Balaban J connectivity index is 2.47. The molecule has 0 saturated heterocycles. The first-order valence-electron chi connectivity index (χ1n) is 5.20. The SMILES string of the molecule is CNC(=O)c1cc(-c2ccc(C)o2)ccc1Cl. The van der Waals surface area contributed by atoms with Crippen molar-refractivity contribution in [2.45, 2.75) is 6.92 Å². The Bertz CT molecular complexity index is 560. The van der Waals surface area contributed by atoms with Gasteiger partial charge in [-0.3, -0.25) is 4.79 Å². The summed E-state index contributed by atoms with van der Waals surface area (Å²) < 4.78 is 5.50. The van der Waals surface area contributed by atoms with Crippen LogP contribution >= 0.6 is 11.6 Å². The molecule has 1 aromatic heterocycles. The van der Waals surface area contributed by atoms with Gasteiger partial charge >= 0.3 is 0 Å². The topological polar surface area (TPSA) is 42.2 Å². The maximum absolute atomic E-state index is 11.6. The molecule has 0 radical (unpaired) electrons. The van der Waals surface area contributed by atoms with Gasteiger partial charge in [0.2, 0.25) is 0 Å². The van der Waals surface area contributed by atoms with Gasteiger partial charge in [-0.25, -0.2) is 0 Å². The van der Waals surface area contributed by atoms with E-state index in [1.807, 2.05) is 25.1 Å². The minimum Gasteiger partial charge on any atom is -0.461 e. The number of carbonyl (C=O) groups excluding carboxylic acids is 1. The molecule has 1 heterocycles. The monoisotopic (exact) mass is 249 g/mol. The van der Waals surface area contributed by atoms with Gasteiger partial charge < -0.3 is 9.73 Å². The number of nitrogens with one attached hydrogen (secondary N) is 1. The molecule has 2 rings (SSSR count). The van der Waals surface area contributed by atoms with Gasteiger partial charge in [-0.15, -0.1) is 0 Å². The van der Waals surface area contributed by atoms with Gasteiger partial charge in [0.15, 0.2) is 0 Å². The van der Waals surface area contributed by atoms with E-state index in [0.29, 0.717) is 10.6 Å². The molecule has 3 nitrogen and oxygen atoms in total. The summed E-state index contributed by atoms with van der Waals surface area (Å²) in [4.78, 5) is 11.6. The smallest absolute Gasteiger partial charge is 0.252 e. The highest BCUT2D eigenvalue weighted by atomic mass is 35.5. The largest absolute Gasteiger partial charge is 0.461 e. The standard InChI is InChI=1S/C13H12ClNO2/c1-8-3-6-12(17-8)9-4-5-11(14)10(7-9)13(16)15-2/h3-7H,1-2H3,(H,15,16). The molecule has 4 heteroatoms. The molecule has 1 aromatic carbocycles.